The quantitative estimate of drug-likeness (QED) is 0.345. The molecule has 0 fully saturated rings. The highest BCUT2D eigenvalue weighted by Crippen LogP contribution is 2.31. The first-order chi connectivity index (χ1) is 16.5. The molecule has 3 aromatic rings. The van der Waals surface area contributed by atoms with Crippen molar-refractivity contribution in [2.75, 3.05) is 18.1 Å². The van der Waals surface area contributed by atoms with Gasteiger partial charge in [0.05, 0.1) is 24.2 Å². The molecule has 186 valence electrons. The number of carbonyl (C=O) groups excluding carboxylic acids is 1. The van der Waals surface area contributed by atoms with E-state index in [1.54, 1.807) is 13.8 Å². The van der Waals surface area contributed by atoms with Crippen LogP contribution in [0.15, 0.2) is 66.9 Å². The van der Waals surface area contributed by atoms with E-state index in [0.29, 0.717) is 13.2 Å². The van der Waals surface area contributed by atoms with Crippen LogP contribution in [0.3, 0.4) is 0 Å². The molecule has 6 heteroatoms. The molecule has 0 saturated heterocycles. The topological polar surface area (TPSA) is 64.5 Å². The van der Waals surface area contributed by atoms with Gasteiger partial charge in [0.2, 0.25) is 0 Å². The van der Waals surface area contributed by atoms with Crippen LogP contribution >= 0.6 is 0 Å². The first-order valence-corrected chi connectivity index (χ1v) is 12.1. The molecule has 0 radical (unpaired) electrons. The number of rotatable bonds is 9. The minimum atomic E-state index is -1.05. The number of carbonyl (C=O) groups is 1. The molecule has 0 aliphatic rings. The van der Waals surface area contributed by atoms with Gasteiger partial charge in [-0.05, 0) is 48.5 Å². The molecule has 0 aliphatic heterocycles. The van der Waals surface area contributed by atoms with Gasteiger partial charge in [0.1, 0.15) is 11.4 Å². The number of nitrogens with zero attached hydrogens (tertiary/aromatic N) is 3. The summed E-state index contributed by atoms with van der Waals surface area (Å²) in [6.07, 6.45) is 1.81. The van der Waals surface area contributed by atoms with Gasteiger partial charge in [0.25, 0.3) is 0 Å². The van der Waals surface area contributed by atoms with Crippen LogP contribution in [0.25, 0.3) is 22.5 Å². The van der Waals surface area contributed by atoms with Crippen LogP contribution in [0, 0.1) is 0 Å². The van der Waals surface area contributed by atoms with E-state index in [9.17, 15) is 4.79 Å². The molecule has 0 saturated carbocycles. The van der Waals surface area contributed by atoms with Crippen molar-refractivity contribution in [3.63, 3.8) is 0 Å². The highest BCUT2D eigenvalue weighted by Gasteiger charge is 2.33. The number of aromatic nitrogens is 2. The monoisotopic (exact) mass is 475 g/mol. The molecule has 0 aliphatic carbocycles. The van der Waals surface area contributed by atoms with E-state index in [1.807, 2.05) is 87.6 Å². The molecule has 0 N–H and O–H groups in total. The zero-order valence-corrected chi connectivity index (χ0v) is 21.9. The Morgan fingerprint density at radius 2 is 1.43 bits per heavy atom. The van der Waals surface area contributed by atoms with Gasteiger partial charge < -0.3 is 14.4 Å². The summed E-state index contributed by atoms with van der Waals surface area (Å²) >= 11 is 0. The van der Waals surface area contributed by atoms with Crippen molar-refractivity contribution in [1.29, 1.82) is 0 Å². The SMILES string of the molecule is CC(C)N(CCOC(C)(C)C(=O)OC(C)(C)C)c1cnc(-c2ccccc2)c(-c2ccccc2)n1. The van der Waals surface area contributed by atoms with Gasteiger partial charge >= 0.3 is 5.97 Å². The van der Waals surface area contributed by atoms with Crippen LogP contribution in [-0.2, 0) is 14.3 Å². The lowest BCUT2D eigenvalue weighted by Gasteiger charge is -2.31. The van der Waals surface area contributed by atoms with E-state index < -0.39 is 11.2 Å². The number of anilines is 1. The van der Waals surface area contributed by atoms with Gasteiger partial charge in [-0.25, -0.2) is 9.78 Å². The van der Waals surface area contributed by atoms with Gasteiger partial charge in [0.15, 0.2) is 5.60 Å². The number of ether oxygens (including phenoxy) is 2. The molecular weight excluding hydrogens is 438 g/mol. The van der Waals surface area contributed by atoms with E-state index in [1.165, 1.54) is 0 Å². The van der Waals surface area contributed by atoms with Crippen molar-refractivity contribution in [2.45, 2.75) is 65.7 Å². The second-order valence-electron chi connectivity index (χ2n) is 10.3. The number of hydrogen-bond acceptors (Lipinski definition) is 6. The normalized spacial score (nSPS) is 12.0. The first-order valence-electron chi connectivity index (χ1n) is 12.1. The summed E-state index contributed by atoms with van der Waals surface area (Å²) in [5.74, 6) is 0.386. The minimum absolute atomic E-state index is 0.156. The Balaban J connectivity index is 1.85. The summed E-state index contributed by atoms with van der Waals surface area (Å²) in [7, 11) is 0. The third-order valence-corrected chi connectivity index (χ3v) is 5.46. The maximum absolute atomic E-state index is 12.6. The number of benzene rings is 2. The van der Waals surface area contributed by atoms with E-state index in [0.717, 1.165) is 28.3 Å². The Morgan fingerprint density at radius 3 is 1.94 bits per heavy atom. The van der Waals surface area contributed by atoms with Gasteiger partial charge in [-0.15, -0.1) is 0 Å². The van der Waals surface area contributed by atoms with Crippen LogP contribution in [0.1, 0.15) is 48.5 Å². The van der Waals surface area contributed by atoms with E-state index in [2.05, 4.69) is 18.7 Å². The highest BCUT2D eigenvalue weighted by atomic mass is 16.6. The van der Waals surface area contributed by atoms with Crippen LogP contribution in [0.5, 0.6) is 0 Å². The molecule has 0 bridgehead atoms. The molecule has 3 rings (SSSR count). The molecule has 0 amide bonds. The predicted octanol–water partition coefficient (Wildman–Crippen LogP) is 6.16. The Hall–Kier alpha value is -3.25. The Morgan fingerprint density at radius 1 is 0.886 bits per heavy atom. The fourth-order valence-electron chi connectivity index (χ4n) is 3.62. The molecular formula is C29H37N3O3. The van der Waals surface area contributed by atoms with Gasteiger partial charge in [-0.3, -0.25) is 4.98 Å². The van der Waals surface area contributed by atoms with Crippen LogP contribution in [0.2, 0.25) is 0 Å². The third-order valence-electron chi connectivity index (χ3n) is 5.46. The van der Waals surface area contributed by atoms with Crippen LogP contribution < -0.4 is 4.90 Å². The first kappa shape index (κ1) is 26.4. The van der Waals surface area contributed by atoms with Crippen molar-refractivity contribution in [1.82, 2.24) is 9.97 Å². The summed E-state index contributed by atoms with van der Waals surface area (Å²) in [5.41, 5.74) is 2.08. The Kier molecular flexibility index (Phi) is 8.28. The molecule has 0 spiro atoms. The Labute approximate surface area is 209 Å². The molecule has 1 aromatic heterocycles. The lowest BCUT2D eigenvalue weighted by molar-refractivity contribution is -0.179. The second-order valence-corrected chi connectivity index (χ2v) is 10.3. The highest BCUT2D eigenvalue weighted by molar-refractivity contribution is 5.79. The predicted molar refractivity (Wildman–Crippen MR) is 141 cm³/mol. The second kappa shape index (κ2) is 11.0. The molecule has 2 aromatic carbocycles. The summed E-state index contributed by atoms with van der Waals surface area (Å²) < 4.78 is 11.5. The average molecular weight is 476 g/mol. The van der Waals surface area contributed by atoms with E-state index in [4.69, 9.17) is 19.4 Å². The maximum atomic E-state index is 12.6. The summed E-state index contributed by atoms with van der Waals surface area (Å²) in [6.45, 7) is 14.1. The fraction of sp³-hybridized carbons (Fsp3) is 0.414. The lowest BCUT2D eigenvalue weighted by atomic mass is 10.0. The molecule has 0 unspecified atom stereocenters. The van der Waals surface area contributed by atoms with Crippen molar-refractivity contribution < 1.29 is 14.3 Å². The van der Waals surface area contributed by atoms with Crippen molar-refractivity contribution in [3.8, 4) is 22.5 Å². The van der Waals surface area contributed by atoms with Gasteiger partial charge in [-0.2, -0.15) is 0 Å². The van der Waals surface area contributed by atoms with E-state index >= 15 is 0 Å². The zero-order chi connectivity index (χ0) is 25.6. The summed E-state index contributed by atoms with van der Waals surface area (Å²) in [6, 6.07) is 20.3. The molecule has 6 nitrogen and oxygen atoms in total. The number of hydrogen-bond donors (Lipinski definition) is 0. The summed E-state index contributed by atoms with van der Waals surface area (Å²) in [5, 5.41) is 0. The van der Waals surface area contributed by atoms with Crippen LogP contribution in [-0.4, -0.2) is 46.3 Å². The largest absolute Gasteiger partial charge is 0.458 e. The smallest absolute Gasteiger partial charge is 0.338 e. The van der Waals surface area contributed by atoms with Crippen molar-refractivity contribution >= 4 is 11.8 Å². The fourth-order valence-corrected chi connectivity index (χ4v) is 3.62. The maximum Gasteiger partial charge on any atom is 0.338 e. The lowest BCUT2D eigenvalue weighted by Crippen LogP contribution is -2.43. The van der Waals surface area contributed by atoms with Gasteiger partial charge in [0, 0.05) is 23.7 Å². The van der Waals surface area contributed by atoms with Crippen LogP contribution in [0.4, 0.5) is 5.82 Å². The van der Waals surface area contributed by atoms with E-state index in [-0.39, 0.29) is 12.0 Å². The van der Waals surface area contributed by atoms with Crippen molar-refractivity contribution in [3.05, 3.63) is 66.9 Å². The number of esters is 1. The molecule has 1 heterocycles. The molecule has 0 atom stereocenters. The average Bonchev–Trinajstić information content (AvgIpc) is 2.81. The third kappa shape index (κ3) is 7.12. The van der Waals surface area contributed by atoms with Gasteiger partial charge in [-0.1, -0.05) is 60.7 Å². The van der Waals surface area contributed by atoms with Crippen molar-refractivity contribution in [2.24, 2.45) is 0 Å². The Bertz CT molecular complexity index is 1110. The molecule has 35 heavy (non-hydrogen) atoms. The summed E-state index contributed by atoms with van der Waals surface area (Å²) in [4.78, 5) is 24.6. The minimum Gasteiger partial charge on any atom is -0.458 e. The standard InChI is InChI=1S/C29H37N3O3/c1-21(2)32(18-19-34-29(6,7)27(33)35-28(3,4)5)24-20-30-25(22-14-10-8-11-15-22)26(31-24)23-16-12-9-13-17-23/h8-17,20-21H,18-19H2,1-7H3. The zero-order valence-electron chi connectivity index (χ0n) is 21.9.